The fourth-order valence-electron chi connectivity index (χ4n) is 5.72. The Labute approximate surface area is 249 Å². The van der Waals surface area contributed by atoms with E-state index in [1.54, 1.807) is 16.7 Å². The number of carbonyl (C=O) groups excluding carboxylic acids is 3. The van der Waals surface area contributed by atoms with Crippen molar-refractivity contribution >= 4 is 23.8 Å². The molecule has 0 unspecified atom stereocenters. The zero-order valence-electron chi connectivity index (χ0n) is 26.0. The van der Waals surface area contributed by atoms with Gasteiger partial charge in [-0.05, 0) is 95.2 Å². The van der Waals surface area contributed by atoms with Gasteiger partial charge in [-0.3, -0.25) is 4.79 Å². The summed E-state index contributed by atoms with van der Waals surface area (Å²) >= 11 is 0. The molecule has 0 saturated carbocycles. The molecule has 9 heteroatoms. The summed E-state index contributed by atoms with van der Waals surface area (Å²) in [4.78, 5) is 40.9. The standard InChI is InChI=1S/C33H46N4O5/c1-21(2)41-31(39)35-29-18-22(3)37(23(4)38)30-13-12-26(19-28(29)30)25-10-8-24(9-11-25)20-34-27-14-16-36(17-15-27)32(40)42-33(5,6)7/h8-13,19,21-22,27,29,34H,14-18,20H2,1-7H3,(H,35,39)/t22-,29+/m1/s1. The number of piperidine rings is 1. The molecule has 4 rings (SSSR count). The number of carbonyl (C=O) groups is 3. The third kappa shape index (κ3) is 8.03. The van der Waals surface area contributed by atoms with Crippen molar-refractivity contribution in [2.24, 2.45) is 0 Å². The average molecular weight is 579 g/mol. The minimum atomic E-state index is -0.481. The van der Waals surface area contributed by atoms with Gasteiger partial charge in [0, 0.05) is 44.3 Å². The van der Waals surface area contributed by atoms with E-state index in [9.17, 15) is 14.4 Å². The molecule has 2 N–H and O–H groups in total. The van der Waals surface area contributed by atoms with E-state index in [0.717, 1.165) is 41.8 Å². The maximum Gasteiger partial charge on any atom is 0.410 e. The van der Waals surface area contributed by atoms with E-state index in [4.69, 9.17) is 9.47 Å². The Morgan fingerprint density at radius 3 is 2.24 bits per heavy atom. The Hall–Kier alpha value is -3.59. The van der Waals surface area contributed by atoms with Crippen LogP contribution in [0.25, 0.3) is 11.1 Å². The van der Waals surface area contributed by atoms with Crippen molar-refractivity contribution < 1.29 is 23.9 Å². The van der Waals surface area contributed by atoms with Crippen LogP contribution in [0.2, 0.25) is 0 Å². The summed E-state index contributed by atoms with van der Waals surface area (Å²) in [5, 5.41) is 6.65. The predicted octanol–water partition coefficient (Wildman–Crippen LogP) is 6.16. The highest BCUT2D eigenvalue weighted by Gasteiger charge is 2.34. The molecule has 42 heavy (non-hydrogen) atoms. The minimum absolute atomic E-state index is 0.0212. The van der Waals surface area contributed by atoms with E-state index in [-0.39, 0.29) is 30.2 Å². The minimum Gasteiger partial charge on any atom is -0.447 e. The number of rotatable bonds is 6. The van der Waals surface area contributed by atoms with Gasteiger partial charge in [-0.1, -0.05) is 30.3 Å². The first-order chi connectivity index (χ1) is 19.8. The van der Waals surface area contributed by atoms with Crippen LogP contribution in [-0.4, -0.2) is 59.9 Å². The second-order valence-electron chi connectivity index (χ2n) is 12.7. The van der Waals surface area contributed by atoms with Crippen molar-refractivity contribution in [2.45, 2.75) is 104 Å². The van der Waals surface area contributed by atoms with E-state index in [0.29, 0.717) is 25.6 Å². The van der Waals surface area contributed by atoms with Crippen LogP contribution in [0.3, 0.4) is 0 Å². The van der Waals surface area contributed by atoms with Crippen LogP contribution >= 0.6 is 0 Å². The molecule has 2 aliphatic rings. The first-order valence-corrected chi connectivity index (χ1v) is 15.0. The van der Waals surface area contributed by atoms with Crippen LogP contribution < -0.4 is 15.5 Å². The van der Waals surface area contributed by atoms with Crippen molar-refractivity contribution in [1.29, 1.82) is 0 Å². The van der Waals surface area contributed by atoms with Gasteiger partial charge in [0.25, 0.3) is 0 Å². The maximum absolute atomic E-state index is 12.5. The Morgan fingerprint density at radius 1 is 1.00 bits per heavy atom. The van der Waals surface area contributed by atoms with E-state index < -0.39 is 11.7 Å². The van der Waals surface area contributed by atoms with E-state index in [1.807, 2.05) is 53.7 Å². The van der Waals surface area contributed by atoms with Crippen LogP contribution in [0.5, 0.6) is 0 Å². The number of nitrogens with zero attached hydrogens (tertiary/aromatic N) is 2. The first-order valence-electron chi connectivity index (χ1n) is 15.0. The zero-order valence-corrected chi connectivity index (χ0v) is 26.0. The summed E-state index contributed by atoms with van der Waals surface area (Å²) in [5.41, 5.74) is 4.50. The number of alkyl carbamates (subject to hydrolysis) is 1. The summed E-state index contributed by atoms with van der Waals surface area (Å²) in [6, 6.07) is 14.6. The number of nitrogens with one attached hydrogen (secondary N) is 2. The van der Waals surface area contributed by atoms with Gasteiger partial charge in [-0.15, -0.1) is 0 Å². The van der Waals surface area contributed by atoms with Gasteiger partial charge >= 0.3 is 12.2 Å². The SMILES string of the molecule is CC(=O)N1c2ccc(-c3ccc(CNC4CCN(C(=O)OC(C)(C)C)CC4)cc3)cc2[C@@H](NC(=O)OC(C)C)C[C@H]1C. The van der Waals surface area contributed by atoms with Crippen LogP contribution in [0, 0.1) is 0 Å². The predicted molar refractivity (Wildman–Crippen MR) is 164 cm³/mol. The monoisotopic (exact) mass is 578 g/mol. The molecule has 2 heterocycles. The van der Waals surface area contributed by atoms with Gasteiger partial charge in [-0.25, -0.2) is 9.59 Å². The Kier molecular flexibility index (Phi) is 9.82. The molecule has 2 aliphatic heterocycles. The Balaban J connectivity index is 1.41. The van der Waals surface area contributed by atoms with Gasteiger partial charge in [0.2, 0.25) is 5.91 Å². The number of fused-ring (bicyclic) bond motifs is 1. The maximum atomic E-state index is 12.5. The molecule has 2 aromatic rings. The molecule has 0 radical (unpaired) electrons. The molecule has 1 fully saturated rings. The zero-order chi connectivity index (χ0) is 30.6. The molecule has 9 nitrogen and oxygen atoms in total. The van der Waals surface area contributed by atoms with Crippen LogP contribution in [0.1, 0.15) is 84.9 Å². The smallest absolute Gasteiger partial charge is 0.410 e. The van der Waals surface area contributed by atoms with Crippen LogP contribution in [0.15, 0.2) is 42.5 Å². The van der Waals surface area contributed by atoms with Gasteiger partial charge in [0.15, 0.2) is 0 Å². The number of anilines is 1. The summed E-state index contributed by atoms with van der Waals surface area (Å²) in [6.45, 7) is 15.0. The van der Waals surface area contributed by atoms with Crippen molar-refractivity contribution in [3.63, 3.8) is 0 Å². The van der Waals surface area contributed by atoms with E-state index in [1.165, 1.54) is 5.56 Å². The highest BCUT2D eigenvalue weighted by Crippen LogP contribution is 2.39. The third-order valence-electron chi connectivity index (χ3n) is 7.68. The van der Waals surface area contributed by atoms with Crippen molar-refractivity contribution in [3.8, 4) is 11.1 Å². The van der Waals surface area contributed by atoms with Crippen molar-refractivity contribution in [1.82, 2.24) is 15.5 Å². The first kappa shape index (κ1) is 31.3. The fraction of sp³-hybridized carbons (Fsp3) is 0.545. The number of hydrogen-bond acceptors (Lipinski definition) is 6. The quantitative estimate of drug-likeness (QED) is 0.426. The van der Waals surface area contributed by atoms with Gasteiger partial charge < -0.3 is 29.9 Å². The summed E-state index contributed by atoms with van der Waals surface area (Å²) in [5.74, 6) is -0.0212. The van der Waals surface area contributed by atoms with E-state index in [2.05, 4.69) is 41.0 Å². The molecule has 1 saturated heterocycles. The lowest BCUT2D eigenvalue weighted by atomic mass is 9.89. The molecule has 0 aliphatic carbocycles. The lowest BCUT2D eigenvalue weighted by Gasteiger charge is -2.39. The second-order valence-corrected chi connectivity index (χ2v) is 12.7. The molecule has 2 aromatic carbocycles. The largest absolute Gasteiger partial charge is 0.447 e. The summed E-state index contributed by atoms with van der Waals surface area (Å²) in [6.07, 6.45) is 1.47. The highest BCUT2D eigenvalue weighted by atomic mass is 16.6. The molecule has 0 spiro atoms. The molecule has 0 bridgehead atoms. The Morgan fingerprint density at radius 2 is 1.64 bits per heavy atom. The Bertz CT molecular complexity index is 1260. The second kappa shape index (κ2) is 13.2. The molecular weight excluding hydrogens is 532 g/mol. The average Bonchev–Trinajstić information content (AvgIpc) is 2.90. The molecule has 3 amide bonds. The molecular formula is C33H46N4O5. The van der Waals surface area contributed by atoms with Gasteiger partial charge in [-0.2, -0.15) is 0 Å². The van der Waals surface area contributed by atoms with Gasteiger partial charge in [0.05, 0.1) is 12.1 Å². The van der Waals surface area contributed by atoms with Crippen LogP contribution in [0.4, 0.5) is 15.3 Å². The van der Waals surface area contributed by atoms with E-state index >= 15 is 0 Å². The normalized spacial score (nSPS) is 19.3. The number of hydrogen-bond donors (Lipinski definition) is 2. The molecule has 2 atom stereocenters. The number of likely N-dealkylation sites (tertiary alicyclic amines) is 1. The molecule has 0 aromatic heterocycles. The lowest BCUT2D eigenvalue weighted by molar-refractivity contribution is -0.117. The van der Waals surface area contributed by atoms with Crippen molar-refractivity contribution in [3.05, 3.63) is 53.6 Å². The third-order valence-corrected chi connectivity index (χ3v) is 7.68. The highest BCUT2D eigenvalue weighted by molar-refractivity contribution is 5.94. The number of benzene rings is 2. The topological polar surface area (TPSA) is 100 Å². The molecule has 228 valence electrons. The van der Waals surface area contributed by atoms with Crippen LogP contribution in [-0.2, 0) is 20.8 Å². The summed E-state index contributed by atoms with van der Waals surface area (Å²) < 4.78 is 10.8. The lowest BCUT2D eigenvalue weighted by Crippen LogP contribution is -2.46. The van der Waals surface area contributed by atoms with Gasteiger partial charge in [0.1, 0.15) is 5.60 Å². The fourth-order valence-corrected chi connectivity index (χ4v) is 5.72. The number of ether oxygens (including phenoxy) is 2. The summed E-state index contributed by atoms with van der Waals surface area (Å²) in [7, 11) is 0. The number of amides is 3. The van der Waals surface area contributed by atoms with Crippen molar-refractivity contribution in [2.75, 3.05) is 18.0 Å².